The summed E-state index contributed by atoms with van der Waals surface area (Å²) < 4.78 is 1.53. The van der Waals surface area contributed by atoms with Gasteiger partial charge in [-0.1, -0.05) is 48.0 Å². The summed E-state index contributed by atoms with van der Waals surface area (Å²) in [5, 5.41) is 7.13. The summed E-state index contributed by atoms with van der Waals surface area (Å²) in [6.45, 7) is 0. The molecule has 1 aromatic heterocycles. The maximum atomic E-state index is 13.4. The molecule has 0 amide bonds. The van der Waals surface area contributed by atoms with Gasteiger partial charge in [-0.3, -0.25) is 14.7 Å². The fourth-order valence-electron chi connectivity index (χ4n) is 4.25. The van der Waals surface area contributed by atoms with E-state index >= 15 is 0 Å². The van der Waals surface area contributed by atoms with E-state index in [4.69, 9.17) is 11.6 Å². The van der Waals surface area contributed by atoms with Crippen molar-refractivity contribution in [2.45, 2.75) is 18.8 Å². The number of nitrogens with zero attached hydrogens (tertiary/aromatic N) is 1. The largest absolute Gasteiger partial charge is 0.343 e. The van der Waals surface area contributed by atoms with Crippen LogP contribution in [0.2, 0.25) is 5.02 Å². The van der Waals surface area contributed by atoms with E-state index in [2.05, 4.69) is 16.5 Å². The van der Waals surface area contributed by atoms with Gasteiger partial charge in [-0.15, -0.1) is 0 Å². The van der Waals surface area contributed by atoms with Gasteiger partial charge in [-0.05, 0) is 36.2 Å². The molecule has 0 radical (unpaired) electrons. The number of aromatic amines is 1. The first-order valence-corrected chi connectivity index (χ1v) is 9.67. The van der Waals surface area contributed by atoms with Crippen molar-refractivity contribution in [3.05, 3.63) is 92.9 Å². The van der Waals surface area contributed by atoms with Crippen LogP contribution in [0, 0.1) is 5.92 Å². The highest BCUT2D eigenvalue weighted by Crippen LogP contribution is 2.45. The predicted molar refractivity (Wildman–Crippen MR) is 109 cm³/mol. The number of hydrogen-bond acceptors (Lipinski definition) is 3. The number of allylic oxidation sites excluding steroid dienone is 2. The lowest BCUT2D eigenvalue weighted by Crippen LogP contribution is -2.36. The molecule has 28 heavy (non-hydrogen) atoms. The molecule has 0 saturated carbocycles. The minimum Gasteiger partial charge on any atom is -0.343 e. The van der Waals surface area contributed by atoms with Gasteiger partial charge in [0.25, 0.3) is 5.56 Å². The lowest BCUT2D eigenvalue weighted by atomic mass is 9.72. The highest BCUT2D eigenvalue weighted by Gasteiger charge is 2.42. The second-order valence-corrected chi connectivity index (χ2v) is 7.61. The first-order valence-electron chi connectivity index (χ1n) is 9.29. The zero-order valence-electron chi connectivity index (χ0n) is 15.0. The van der Waals surface area contributed by atoms with Gasteiger partial charge in [-0.25, -0.2) is 4.68 Å². The summed E-state index contributed by atoms with van der Waals surface area (Å²) in [6, 6.07) is 16.8. The molecule has 2 N–H and O–H groups in total. The van der Waals surface area contributed by atoms with Gasteiger partial charge in [0, 0.05) is 23.1 Å². The monoisotopic (exact) mass is 391 g/mol. The molecule has 2 aliphatic rings. The van der Waals surface area contributed by atoms with E-state index in [9.17, 15) is 9.59 Å². The maximum Gasteiger partial charge on any atom is 0.277 e. The molecule has 2 atom stereocenters. The Morgan fingerprint density at radius 3 is 2.46 bits per heavy atom. The zero-order valence-corrected chi connectivity index (χ0v) is 15.7. The van der Waals surface area contributed by atoms with Gasteiger partial charge in [-0.2, -0.15) is 0 Å². The molecule has 3 aromatic rings. The van der Waals surface area contributed by atoms with Crippen LogP contribution in [-0.4, -0.2) is 15.6 Å². The average molecular weight is 392 g/mol. The zero-order chi connectivity index (χ0) is 19.3. The summed E-state index contributed by atoms with van der Waals surface area (Å²) in [5.74, 6) is 0.0740. The Hall–Kier alpha value is -3.05. The average Bonchev–Trinajstić information content (AvgIpc) is 3.04. The van der Waals surface area contributed by atoms with E-state index in [1.165, 1.54) is 4.68 Å². The van der Waals surface area contributed by atoms with Gasteiger partial charge in [0.2, 0.25) is 0 Å². The number of para-hydroxylation sites is 1. The van der Waals surface area contributed by atoms with Crippen molar-refractivity contribution in [3.8, 4) is 5.69 Å². The minimum absolute atomic E-state index is 0.147. The number of Topliss-reactive ketones (excluding diaryl/α,β-unsaturated/α-hetero) is 1. The molecular formula is C22H18ClN3O2. The van der Waals surface area contributed by atoms with Gasteiger partial charge in [0.1, 0.15) is 11.6 Å². The van der Waals surface area contributed by atoms with Crippen molar-refractivity contribution >= 4 is 23.2 Å². The van der Waals surface area contributed by atoms with Crippen LogP contribution < -0.4 is 10.9 Å². The summed E-state index contributed by atoms with van der Waals surface area (Å²) in [6.07, 6.45) is 3.27. The lowest BCUT2D eigenvalue weighted by molar-refractivity contribution is -0.122. The Morgan fingerprint density at radius 1 is 0.964 bits per heavy atom. The van der Waals surface area contributed by atoms with Crippen molar-refractivity contribution < 1.29 is 4.79 Å². The molecule has 0 bridgehead atoms. The number of ketones is 1. The Kier molecular flexibility index (Phi) is 3.98. The first-order chi connectivity index (χ1) is 13.6. The molecule has 2 aromatic carbocycles. The van der Waals surface area contributed by atoms with Crippen LogP contribution in [0.25, 0.3) is 5.69 Å². The molecule has 5 rings (SSSR count). The number of hydrogen-bond donors (Lipinski definition) is 2. The minimum atomic E-state index is -0.379. The van der Waals surface area contributed by atoms with Crippen LogP contribution in [0.5, 0.6) is 0 Å². The number of carbonyl (C=O) groups is 1. The SMILES string of the molecule is O=C1CCC=C2Nc3[nH]n(-c4ccccc4)c(=O)c3[C@@H](c3ccc(Cl)cc3)[C@H]12. The number of rotatable bonds is 2. The summed E-state index contributed by atoms with van der Waals surface area (Å²) in [7, 11) is 0. The number of halogens is 1. The highest BCUT2D eigenvalue weighted by atomic mass is 35.5. The number of benzene rings is 2. The summed E-state index contributed by atoms with van der Waals surface area (Å²) >= 11 is 6.07. The van der Waals surface area contributed by atoms with Crippen LogP contribution >= 0.6 is 11.6 Å². The molecule has 1 aliphatic heterocycles. The van der Waals surface area contributed by atoms with Crippen molar-refractivity contribution in [2.75, 3.05) is 5.32 Å². The van der Waals surface area contributed by atoms with E-state index < -0.39 is 0 Å². The van der Waals surface area contributed by atoms with Crippen LogP contribution in [0.1, 0.15) is 29.9 Å². The predicted octanol–water partition coefficient (Wildman–Crippen LogP) is 4.24. The molecule has 1 aliphatic carbocycles. The fourth-order valence-corrected chi connectivity index (χ4v) is 4.38. The molecule has 6 heteroatoms. The third kappa shape index (κ3) is 2.62. The number of anilines is 1. The molecule has 5 nitrogen and oxygen atoms in total. The number of aromatic nitrogens is 2. The highest BCUT2D eigenvalue weighted by molar-refractivity contribution is 6.30. The Labute approximate surface area is 166 Å². The lowest BCUT2D eigenvalue weighted by Gasteiger charge is -2.35. The molecule has 2 heterocycles. The van der Waals surface area contributed by atoms with Crippen molar-refractivity contribution in [1.29, 1.82) is 0 Å². The number of carbonyl (C=O) groups excluding carboxylic acids is 1. The van der Waals surface area contributed by atoms with Crippen molar-refractivity contribution in [3.63, 3.8) is 0 Å². The van der Waals surface area contributed by atoms with Crippen LogP contribution in [0.15, 0.2) is 71.2 Å². The van der Waals surface area contributed by atoms with Crippen LogP contribution in [-0.2, 0) is 4.79 Å². The van der Waals surface area contributed by atoms with Gasteiger partial charge >= 0.3 is 0 Å². The maximum absolute atomic E-state index is 13.4. The van der Waals surface area contributed by atoms with E-state index in [-0.39, 0.29) is 23.2 Å². The Morgan fingerprint density at radius 2 is 1.71 bits per heavy atom. The Bertz CT molecular complexity index is 1140. The van der Waals surface area contributed by atoms with E-state index in [1.54, 1.807) is 12.1 Å². The van der Waals surface area contributed by atoms with E-state index in [0.29, 0.717) is 29.2 Å². The quantitative estimate of drug-likeness (QED) is 0.686. The standard InChI is InChI=1S/C22H18ClN3O2/c23-14-11-9-13(10-12-14)18-19-16(7-4-8-17(19)27)24-21-20(18)22(28)26(25-21)15-5-2-1-3-6-15/h1-3,5-7,9-12,18-19,24-25H,4,8H2/t18-,19-/m0/s1. The van der Waals surface area contributed by atoms with E-state index in [1.807, 2.05) is 42.5 Å². The van der Waals surface area contributed by atoms with Crippen LogP contribution in [0.3, 0.4) is 0 Å². The molecule has 0 fully saturated rings. The van der Waals surface area contributed by atoms with Gasteiger partial charge in [0.15, 0.2) is 0 Å². The topological polar surface area (TPSA) is 66.9 Å². The molecular weight excluding hydrogens is 374 g/mol. The molecule has 140 valence electrons. The van der Waals surface area contributed by atoms with Crippen molar-refractivity contribution in [1.82, 2.24) is 9.78 Å². The molecule has 0 saturated heterocycles. The summed E-state index contributed by atoms with van der Waals surface area (Å²) in [5.41, 5.74) is 2.97. The third-order valence-electron chi connectivity index (χ3n) is 5.52. The van der Waals surface area contributed by atoms with Crippen molar-refractivity contribution in [2.24, 2.45) is 5.92 Å². The second-order valence-electron chi connectivity index (χ2n) is 7.17. The van der Waals surface area contributed by atoms with Gasteiger partial charge in [0.05, 0.1) is 17.2 Å². The van der Waals surface area contributed by atoms with Crippen LogP contribution in [0.4, 0.5) is 5.82 Å². The summed E-state index contributed by atoms with van der Waals surface area (Å²) in [4.78, 5) is 26.2. The smallest absolute Gasteiger partial charge is 0.277 e. The van der Waals surface area contributed by atoms with E-state index in [0.717, 1.165) is 16.9 Å². The second kappa shape index (κ2) is 6.53. The fraction of sp³-hybridized carbons (Fsp3) is 0.182. The third-order valence-corrected chi connectivity index (χ3v) is 5.77. The van der Waals surface area contributed by atoms with Gasteiger partial charge < -0.3 is 5.32 Å². The number of fused-ring (bicyclic) bond motifs is 2. The number of H-pyrrole nitrogens is 1. The normalized spacial score (nSPS) is 20.8. The molecule has 0 spiro atoms. The first kappa shape index (κ1) is 17.1. The number of nitrogens with one attached hydrogen (secondary N) is 2. The molecule has 0 unspecified atom stereocenters. The Balaban J connectivity index is 1.75.